The minimum Gasteiger partial charge on any atom is -0.393 e. The molecule has 0 saturated carbocycles. The molecule has 1 heterocycles. The summed E-state index contributed by atoms with van der Waals surface area (Å²) in [7, 11) is 1.83. The first-order chi connectivity index (χ1) is 8.50. The Balaban J connectivity index is 2.29. The van der Waals surface area contributed by atoms with Gasteiger partial charge in [0, 0.05) is 20.0 Å². The van der Waals surface area contributed by atoms with E-state index in [2.05, 4.69) is 12.2 Å². The van der Waals surface area contributed by atoms with Gasteiger partial charge in [0.1, 0.15) is 0 Å². The monoisotopic (exact) mass is 256 g/mol. The Morgan fingerprint density at radius 2 is 2.00 bits per heavy atom. The first-order valence-corrected chi connectivity index (χ1v) is 7.13. The minimum absolute atomic E-state index is 0.210. The third kappa shape index (κ3) is 5.36. The van der Waals surface area contributed by atoms with Crippen LogP contribution in [0, 0.1) is 11.8 Å². The topological polar surface area (TPSA) is 52.6 Å². The maximum atomic E-state index is 12.0. The van der Waals surface area contributed by atoms with Crippen LogP contribution in [0.2, 0.25) is 0 Å². The molecule has 0 aliphatic carbocycles. The summed E-state index contributed by atoms with van der Waals surface area (Å²) in [5, 5.41) is 12.6. The number of amides is 1. The number of hydrogen-bond donors (Lipinski definition) is 2. The number of hydrogen-bond acceptors (Lipinski definition) is 3. The van der Waals surface area contributed by atoms with Crippen molar-refractivity contribution in [1.82, 2.24) is 10.2 Å². The van der Waals surface area contributed by atoms with Crippen LogP contribution in [-0.4, -0.2) is 48.7 Å². The number of carbonyl (C=O) groups is 1. The molecule has 18 heavy (non-hydrogen) atoms. The van der Waals surface area contributed by atoms with Gasteiger partial charge in [0.2, 0.25) is 5.91 Å². The highest BCUT2D eigenvalue weighted by Crippen LogP contribution is 2.24. The molecule has 0 aromatic carbocycles. The molecule has 2 N–H and O–H groups in total. The van der Waals surface area contributed by atoms with Crippen molar-refractivity contribution in [3.05, 3.63) is 0 Å². The minimum atomic E-state index is -0.331. The van der Waals surface area contributed by atoms with E-state index in [4.69, 9.17) is 0 Å². The molecule has 1 aliphatic heterocycles. The molecule has 1 saturated heterocycles. The fourth-order valence-electron chi connectivity index (χ4n) is 2.52. The van der Waals surface area contributed by atoms with Gasteiger partial charge < -0.3 is 15.3 Å². The first kappa shape index (κ1) is 15.4. The molecule has 0 aromatic heterocycles. The summed E-state index contributed by atoms with van der Waals surface area (Å²) in [5.74, 6) is 1.36. The lowest BCUT2D eigenvalue weighted by Gasteiger charge is -2.29. The predicted molar refractivity (Wildman–Crippen MR) is 73.3 cm³/mol. The standard InChI is InChI=1S/C14H28N2O2/c1-11(13-4-7-15-8-5-13)10-14(18)16(3)9-6-12(2)17/h11-13,15,17H,4-10H2,1-3H3. The van der Waals surface area contributed by atoms with Gasteiger partial charge in [0.05, 0.1) is 6.10 Å². The van der Waals surface area contributed by atoms with Gasteiger partial charge in [0.25, 0.3) is 0 Å². The van der Waals surface area contributed by atoms with E-state index in [9.17, 15) is 9.90 Å². The van der Waals surface area contributed by atoms with Crippen LogP contribution < -0.4 is 5.32 Å². The zero-order chi connectivity index (χ0) is 13.5. The van der Waals surface area contributed by atoms with Crippen LogP contribution in [0.25, 0.3) is 0 Å². The zero-order valence-electron chi connectivity index (χ0n) is 12.0. The van der Waals surface area contributed by atoms with E-state index in [0.717, 1.165) is 13.1 Å². The number of carbonyl (C=O) groups excluding carboxylic acids is 1. The van der Waals surface area contributed by atoms with Gasteiger partial charge in [-0.25, -0.2) is 0 Å². The van der Waals surface area contributed by atoms with E-state index in [0.29, 0.717) is 31.2 Å². The summed E-state index contributed by atoms with van der Waals surface area (Å²) in [4.78, 5) is 13.8. The molecule has 0 bridgehead atoms. The molecule has 0 radical (unpaired) electrons. The molecule has 106 valence electrons. The molecule has 1 rings (SSSR count). The maximum absolute atomic E-state index is 12.0. The molecule has 0 spiro atoms. The van der Waals surface area contributed by atoms with Gasteiger partial charge in [-0.15, -0.1) is 0 Å². The number of rotatable bonds is 6. The molecule has 2 unspecified atom stereocenters. The quantitative estimate of drug-likeness (QED) is 0.752. The van der Waals surface area contributed by atoms with E-state index in [1.165, 1.54) is 12.8 Å². The number of nitrogens with zero attached hydrogens (tertiary/aromatic N) is 1. The average Bonchev–Trinajstić information content (AvgIpc) is 2.36. The lowest BCUT2D eigenvalue weighted by molar-refractivity contribution is -0.131. The van der Waals surface area contributed by atoms with Crippen LogP contribution in [-0.2, 0) is 4.79 Å². The van der Waals surface area contributed by atoms with Gasteiger partial charge in [0.15, 0.2) is 0 Å². The average molecular weight is 256 g/mol. The Morgan fingerprint density at radius 1 is 1.39 bits per heavy atom. The van der Waals surface area contributed by atoms with Crippen molar-refractivity contribution < 1.29 is 9.90 Å². The van der Waals surface area contributed by atoms with E-state index >= 15 is 0 Å². The third-order valence-corrected chi connectivity index (χ3v) is 3.99. The lowest BCUT2D eigenvalue weighted by Crippen LogP contribution is -2.35. The Labute approximate surface area is 111 Å². The van der Waals surface area contributed by atoms with E-state index < -0.39 is 0 Å². The van der Waals surface area contributed by atoms with Crippen molar-refractivity contribution in [2.24, 2.45) is 11.8 Å². The molecule has 4 nitrogen and oxygen atoms in total. The predicted octanol–water partition coefficient (Wildman–Crippen LogP) is 1.24. The van der Waals surface area contributed by atoms with Crippen LogP contribution in [0.5, 0.6) is 0 Å². The molecule has 1 fully saturated rings. The third-order valence-electron chi connectivity index (χ3n) is 3.99. The van der Waals surface area contributed by atoms with Crippen LogP contribution >= 0.6 is 0 Å². The second kappa shape index (κ2) is 7.74. The Kier molecular flexibility index (Phi) is 6.65. The molecule has 2 atom stereocenters. The highest BCUT2D eigenvalue weighted by atomic mass is 16.3. The van der Waals surface area contributed by atoms with Crippen LogP contribution in [0.15, 0.2) is 0 Å². The zero-order valence-corrected chi connectivity index (χ0v) is 12.0. The number of nitrogens with one attached hydrogen (secondary N) is 1. The fraction of sp³-hybridized carbons (Fsp3) is 0.929. The largest absolute Gasteiger partial charge is 0.393 e. The van der Waals surface area contributed by atoms with E-state index in [-0.39, 0.29) is 12.0 Å². The Morgan fingerprint density at radius 3 is 2.56 bits per heavy atom. The lowest BCUT2D eigenvalue weighted by atomic mass is 9.84. The molecule has 4 heteroatoms. The summed E-state index contributed by atoms with van der Waals surface area (Å²) < 4.78 is 0. The van der Waals surface area contributed by atoms with Crippen molar-refractivity contribution in [3.63, 3.8) is 0 Å². The van der Waals surface area contributed by atoms with Crippen molar-refractivity contribution >= 4 is 5.91 Å². The van der Waals surface area contributed by atoms with Crippen molar-refractivity contribution in [1.29, 1.82) is 0 Å². The molecular weight excluding hydrogens is 228 g/mol. The number of aliphatic hydroxyl groups is 1. The molecule has 0 aromatic rings. The SMILES string of the molecule is CC(O)CCN(C)C(=O)CC(C)C1CCNCC1. The van der Waals surface area contributed by atoms with Crippen LogP contribution in [0.3, 0.4) is 0 Å². The van der Waals surface area contributed by atoms with Crippen molar-refractivity contribution in [2.45, 2.75) is 45.6 Å². The fourth-order valence-corrected chi connectivity index (χ4v) is 2.52. The molecular formula is C14H28N2O2. The Hall–Kier alpha value is -0.610. The van der Waals surface area contributed by atoms with E-state index in [1.807, 2.05) is 7.05 Å². The summed E-state index contributed by atoms with van der Waals surface area (Å²) in [5.41, 5.74) is 0. The van der Waals surface area contributed by atoms with Crippen LogP contribution in [0.4, 0.5) is 0 Å². The number of piperidine rings is 1. The second-order valence-electron chi connectivity index (χ2n) is 5.72. The summed E-state index contributed by atoms with van der Waals surface area (Å²) in [6.45, 7) is 6.77. The maximum Gasteiger partial charge on any atom is 0.222 e. The van der Waals surface area contributed by atoms with Gasteiger partial charge in [-0.05, 0) is 51.1 Å². The highest BCUT2D eigenvalue weighted by Gasteiger charge is 2.23. The summed E-state index contributed by atoms with van der Waals surface area (Å²) >= 11 is 0. The first-order valence-electron chi connectivity index (χ1n) is 7.13. The summed E-state index contributed by atoms with van der Waals surface area (Å²) in [6, 6.07) is 0. The highest BCUT2D eigenvalue weighted by molar-refractivity contribution is 5.76. The summed E-state index contributed by atoms with van der Waals surface area (Å²) in [6.07, 6.45) is 3.34. The molecule has 1 amide bonds. The van der Waals surface area contributed by atoms with Gasteiger partial charge in [-0.2, -0.15) is 0 Å². The second-order valence-corrected chi connectivity index (χ2v) is 5.72. The van der Waals surface area contributed by atoms with Crippen molar-refractivity contribution in [2.75, 3.05) is 26.7 Å². The number of aliphatic hydroxyl groups excluding tert-OH is 1. The van der Waals surface area contributed by atoms with Gasteiger partial charge >= 0.3 is 0 Å². The van der Waals surface area contributed by atoms with Crippen LogP contribution in [0.1, 0.15) is 39.5 Å². The smallest absolute Gasteiger partial charge is 0.222 e. The van der Waals surface area contributed by atoms with E-state index in [1.54, 1.807) is 11.8 Å². The van der Waals surface area contributed by atoms with Crippen molar-refractivity contribution in [3.8, 4) is 0 Å². The molecule has 1 aliphatic rings. The normalized spacial score (nSPS) is 20.4. The van der Waals surface area contributed by atoms with Gasteiger partial charge in [-0.1, -0.05) is 6.92 Å². The Bertz CT molecular complexity index is 250. The van der Waals surface area contributed by atoms with Gasteiger partial charge in [-0.3, -0.25) is 4.79 Å².